The SMILES string of the molecule is CCOC(=O)C1CCN(C(=NC)NCCCN2CCCC2C(=O)N(C)C)CC1.I. The molecule has 0 saturated carbocycles. The minimum atomic E-state index is -0.0717. The number of nitrogens with one attached hydrogen (secondary N) is 1. The summed E-state index contributed by atoms with van der Waals surface area (Å²) in [5.41, 5.74) is 0. The molecule has 2 rings (SSSR count). The fourth-order valence-corrected chi connectivity index (χ4v) is 4.07. The Labute approximate surface area is 192 Å². The van der Waals surface area contributed by atoms with Gasteiger partial charge in [0.2, 0.25) is 5.91 Å². The third-order valence-corrected chi connectivity index (χ3v) is 5.62. The summed E-state index contributed by atoms with van der Waals surface area (Å²) in [7, 11) is 5.46. The second-order valence-corrected chi connectivity index (χ2v) is 7.77. The van der Waals surface area contributed by atoms with Crippen molar-refractivity contribution in [1.29, 1.82) is 0 Å². The lowest BCUT2D eigenvalue weighted by Crippen LogP contribution is -2.47. The summed E-state index contributed by atoms with van der Waals surface area (Å²) >= 11 is 0. The fraction of sp³-hybridized carbons (Fsp3) is 0.850. The zero-order valence-electron chi connectivity index (χ0n) is 18.4. The lowest BCUT2D eigenvalue weighted by Gasteiger charge is -2.33. The minimum absolute atomic E-state index is 0. The number of amides is 1. The second kappa shape index (κ2) is 13.3. The maximum absolute atomic E-state index is 12.3. The van der Waals surface area contributed by atoms with Gasteiger partial charge in [0.15, 0.2) is 5.96 Å². The first-order chi connectivity index (χ1) is 13.5. The average molecular weight is 523 g/mol. The predicted molar refractivity (Wildman–Crippen MR) is 126 cm³/mol. The Bertz CT molecular complexity index is 550. The number of rotatable bonds is 7. The molecular formula is C20H38IN5O3. The number of hydrogen-bond donors (Lipinski definition) is 1. The Hall–Kier alpha value is -1.10. The first-order valence-corrected chi connectivity index (χ1v) is 10.5. The van der Waals surface area contributed by atoms with Crippen LogP contribution in [0.2, 0.25) is 0 Å². The van der Waals surface area contributed by atoms with E-state index in [1.165, 1.54) is 0 Å². The third-order valence-electron chi connectivity index (χ3n) is 5.62. The van der Waals surface area contributed by atoms with E-state index in [1.54, 1.807) is 11.9 Å². The van der Waals surface area contributed by atoms with Crippen LogP contribution in [-0.2, 0) is 14.3 Å². The molecule has 1 unspecified atom stereocenters. The summed E-state index contributed by atoms with van der Waals surface area (Å²) < 4.78 is 5.14. The Morgan fingerprint density at radius 2 is 1.86 bits per heavy atom. The van der Waals surface area contributed by atoms with Crippen molar-refractivity contribution in [2.24, 2.45) is 10.9 Å². The lowest BCUT2D eigenvalue weighted by molar-refractivity contribution is -0.149. The van der Waals surface area contributed by atoms with E-state index in [9.17, 15) is 9.59 Å². The monoisotopic (exact) mass is 523 g/mol. The molecule has 2 saturated heterocycles. The van der Waals surface area contributed by atoms with Crippen molar-refractivity contribution in [1.82, 2.24) is 20.0 Å². The molecule has 9 heteroatoms. The van der Waals surface area contributed by atoms with Crippen molar-refractivity contribution in [2.45, 2.75) is 45.1 Å². The Morgan fingerprint density at radius 3 is 2.45 bits per heavy atom. The van der Waals surface area contributed by atoms with Gasteiger partial charge in [-0.1, -0.05) is 0 Å². The average Bonchev–Trinajstić information content (AvgIpc) is 3.16. The molecule has 0 aromatic heterocycles. The van der Waals surface area contributed by atoms with Crippen LogP contribution in [0.4, 0.5) is 0 Å². The van der Waals surface area contributed by atoms with E-state index in [2.05, 4.69) is 20.1 Å². The van der Waals surface area contributed by atoms with Crippen LogP contribution < -0.4 is 5.32 Å². The molecule has 0 aliphatic carbocycles. The molecule has 0 spiro atoms. The van der Waals surface area contributed by atoms with Gasteiger partial charge in [-0.2, -0.15) is 0 Å². The summed E-state index contributed by atoms with van der Waals surface area (Å²) in [6, 6.07) is 0.0382. The molecule has 0 radical (unpaired) electrons. The molecule has 1 N–H and O–H groups in total. The van der Waals surface area contributed by atoms with Gasteiger partial charge in [-0.25, -0.2) is 0 Å². The summed E-state index contributed by atoms with van der Waals surface area (Å²) in [6.45, 7) is 6.66. The van der Waals surface area contributed by atoms with E-state index >= 15 is 0 Å². The minimum Gasteiger partial charge on any atom is -0.466 e. The molecular weight excluding hydrogens is 485 g/mol. The third kappa shape index (κ3) is 7.58. The zero-order valence-corrected chi connectivity index (χ0v) is 20.7. The van der Waals surface area contributed by atoms with Gasteiger partial charge in [0, 0.05) is 47.3 Å². The first-order valence-electron chi connectivity index (χ1n) is 10.5. The number of hydrogen-bond acceptors (Lipinski definition) is 5. The van der Waals surface area contributed by atoms with Gasteiger partial charge in [0.25, 0.3) is 0 Å². The van der Waals surface area contributed by atoms with Gasteiger partial charge < -0.3 is 19.9 Å². The van der Waals surface area contributed by atoms with Crippen LogP contribution in [0.15, 0.2) is 4.99 Å². The van der Waals surface area contributed by atoms with Crippen LogP contribution in [-0.4, -0.2) is 99.1 Å². The normalized spacial score (nSPS) is 20.9. The van der Waals surface area contributed by atoms with Gasteiger partial charge in [-0.05, 0) is 45.6 Å². The summed E-state index contributed by atoms with van der Waals surface area (Å²) in [5.74, 6) is 1.04. The van der Waals surface area contributed by atoms with E-state index in [1.807, 2.05) is 21.0 Å². The number of esters is 1. The molecule has 0 bridgehead atoms. The highest BCUT2D eigenvalue weighted by Gasteiger charge is 2.31. The van der Waals surface area contributed by atoms with Crippen LogP contribution >= 0.6 is 24.0 Å². The maximum atomic E-state index is 12.3. The number of piperidine rings is 1. The second-order valence-electron chi connectivity index (χ2n) is 7.77. The molecule has 2 fully saturated rings. The van der Waals surface area contributed by atoms with Crippen LogP contribution in [0.1, 0.15) is 39.0 Å². The number of guanidine groups is 1. The lowest BCUT2D eigenvalue weighted by atomic mass is 9.97. The molecule has 8 nitrogen and oxygen atoms in total. The molecule has 2 heterocycles. The number of ether oxygens (including phenoxy) is 1. The fourth-order valence-electron chi connectivity index (χ4n) is 4.07. The Balaban J connectivity index is 0.00000420. The first kappa shape index (κ1) is 25.9. The number of likely N-dealkylation sites (N-methyl/N-ethyl adjacent to an activating group) is 1. The smallest absolute Gasteiger partial charge is 0.309 e. The van der Waals surface area contributed by atoms with E-state index in [0.29, 0.717) is 6.61 Å². The number of carbonyl (C=O) groups excluding carboxylic acids is 2. The van der Waals surface area contributed by atoms with Crippen molar-refractivity contribution in [3.63, 3.8) is 0 Å². The number of nitrogens with zero attached hydrogens (tertiary/aromatic N) is 4. The summed E-state index contributed by atoms with van der Waals surface area (Å²) in [5, 5.41) is 3.44. The van der Waals surface area contributed by atoms with Crippen LogP contribution in [0.3, 0.4) is 0 Å². The number of aliphatic imine (C=N–C) groups is 1. The van der Waals surface area contributed by atoms with E-state index in [-0.39, 0.29) is 47.8 Å². The maximum Gasteiger partial charge on any atom is 0.309 e. The molecule has 168 valence electrons. The predicted octanol–water partition coefficient (Wildman–Crippen LogP) is 1.40. The van der Waals surface area contributed by atoms with E-state index in [4.69, 9.17) is 4.74 Å². The largest absolute Gasteiger partial charge is 0.466 e. The molecule has 2 aliphatic heterocycles. The van der Waals surface area contributed by atoms with Crippen LogP contribution in [0, 0.1) is 5.92 Å². The van der Waals surface area contributed by atoms with Gasteiger partial charge in [0.1, 0.15) is 0 Å². The van der Waals surface area contributed by atoms with Crippen molar-refractivity contribution in [3.05, 3.63) is 0 Å². The van der Waals surface area contributed by atoms with Crippen molar-refractivity contribution >= 4 is 41.8 Å². The van der Waals surface area contributed by atoms with Gasteiger partial charge >= 0.3 is 5.97 Å². The highest BCUT2D eigenvalue weighted by atomic mass is 127. The topological polar surface area (TPSA) is 77.5 Å². The van der Waals surface area contributed by atoms with Crippen LogP contribution in [0.25, 0.3) is 0 Å². The summed E-state index contributed by atoms with van der Waals surface area (Å²) in [4.78, 5) is 34.8. The van der Waals surface area contributed by atoms with Gasteiger partial charge in [0.05, 0.1) is 18.6 Å². The standard InChI is InChI=1S/C20H37N5O3.HI/c1-5-28-19(27)16-9-14-25(15-10-16)20(21-2)22-11-7-13-24-12-6-8-17(24)18(26)23(3)4;/h16-17H,5-15H2,1-4H3,(H,21,22);1H. The van der Waals surface area contributed by atoms with Crippen molar-refractivity contribution in [2.75, 3.05) is 60.5 Å². The molecule has 29 heavy (non-hydrogen) atoms. The van der Waals surface area contributed by atoms with Gasteiger partial charge in [-0.15, -0.1) is 24.0 Å². The molecule has 1 amide bonds. The molecule has 1 atom stereocenters. The highest BCUT2D eigenvalue weighted by Crippen LogP contribution is 2.20. The van der Waals surface area contributed by atoms with Crippen molar-refractivity contribution < 1.29 is 14.3 Å². The zero-order chi connectivity index (χ0) is 20.5. The number of halogens is 1. The molecule has 0 aromatic carbocycles. The molecule has 2 aliphatic rings. The van der Waals surface area contributed by atoms with E-state index < -0.39 is 0 Å². The molecule has 0 aromatic rings. The van der Waals surface area contributed by atoms with E-state index in [0.717, 1.165) is 70.8 Å². The van der Waals surface area contributed by atoms with Crippen LogP contribution in [0.5, 0.6) is 0 Å². The highest BCUT2D eigenvalue weighted by molar-refractivity contribution is 14.0. The van der Waals surface area contributed by atoms with Crippen molar-refractivity contribution in [3.8, 4) is 0 Å². The number of carbonyl (C=O) groups is 2. The summed E-state index contributed by atoms with van der Waals surface area (Å²) in [6.07, 6.45) is 4.63. The van der Waals surface area contributed by atoms with Gasteiger partial charge in [-0.3, -0.25) is 19.5 Å². The number of likely N-dealkylation sites (tertiary alicyclic amines) is 2. The Morgan fingerprint density at radius 1 is 1.17 bits per heavy atom. The Kier molecular flexibility index (Phi) is 11.9. The quantitative estimate of drug-likeness (QED) is 0.179.